The van der Waals surface area contributed by atoms with Gasteiger partial charge >= 0.3 is 5.97 Å². The molecule has 1 rings (SSSR count). The third-order valence-corrected chi connectivity index (χ3v) is 2.18. The van der Waals surface area contributed by atoms with Crippen LogP contribution in [0.15, 0.2) is 18.3 Å². The summed E-state index contributed by atoms with van der Waals surface area (Å²) in [7, 11) is 4.92. The molecule has 1 amide bonds. The van der Waals surface area contributed by atoms with E-state index in [2.05, 4.69) is 4.98 Å². The molecule has 1 heterocycles. The summed E-state index contributed by atoms with van der Waals surface area (Å²) in [5.41, 5.74) is 0.942. The molecule has 0 radical (unpaired) electrons. The number of hydrogen-bond donors (Lipinski definition) is 1. The fourth-order valence-electron chi connectivity index (χ4n) is 1.30. The van der Waals surface area contributed by atoms with Gasteiger partial charge in [0.2, 0.25) is 0 Å². The zero-order chi connectivity index (χ0) is 13.0. The normalized spacial score (nSPS) is 9.82. The fourth-order valence-corrected chi connectivity index (χ4v) is 1.30. The molecular formula is C11H15N3O3. The summed E-state index contributed by atoms with van der Waals surface area (Å²) in [5.74, 6) is -1.14. The van der Waals surface area contributed by atoms with Gasteiger partial charge in [0.15, 0.2) is 0 Å². The van der Waals surface area contributed by atoms with Crippen molar-refractivity contribution in [3.8, 4) is 0 Å². The number of rotatable bonds is 4. The van der Waals surface area contributed by atoms with Gasteiger partial charge in [-0.25, -0.2) is 0 Å². The second-order valence-corrected chi connectivity index (χ2v) is 3.85. The Hall–Kier alpha value is -2.11. The summed E-state index contributed by atoms with van der Waals surface area (Å²) in [4.78, 5) is 29.2. The lowest BCUT2D eigenvalue weighted by Gasteiger charge is -2.17. The Morgan fingerprint density at radius 2 is 2.00 bits per heavy atom. The van der Waals surface area contributed by atoms with Crippen molar-refractivity contribution in [1.29, 1.82) is 0 Å². The SMILES string of the molecule is CN(C)C(=O)c1cc(N(C)CC(=O)O)ccn1. The predicted octanol–water partition coefficient (Wildman–Crippen LogP) is 0.304. The summed E-state index contributed by atoms with van der Waals surface area (Å²) < 4.78 is 0. The largest absolute Gasteiger partial charge is 0.480 e. The lowest BCUT2D eigenvalue weighted by molar-refractivity contribution is -0.135. The fraction of sp³-hybridized carbons (Fsp3) is 0.364. The van der Waals surface area contributed by atoms with Gasteiger partial charge in [-0.05, 0) is 12.1 Å². The van der Waals surface area contributed by atoms with Crippen molar-refractivity contribution in [2.24, 2.45) is 0 Å². The Morgan fingerprint density at radius 1 is 1.35 bits per heavy atom. The number of carbonyl (C=O) groups is 2. The van der Waals surface area contributed by atoms with Crippen LogP contribution < -0.4 is 4.90 Å². The standard InChI is InChI=1S/C11H15N3O3/c1-13(2)11(17)9-6-8(4-5-12-9)14(3)7-10(15)16/h4-6H,7H2,1-3H3,(H,15,16). The van der Waals surface area contributed by atoms with E-state index < -0.39 is 5.97 Å². The molecule has 1 aromatic heterocycles. The molecule has 17 heavy (non-hydrogen) atoms. The molecule has 1 N–H and O–H groups in total. The van der Waals surface area contributed by atoms with Crippen molar-refractivity contribution >= 4 is 17.6 Å². The highest BCUT2D eigenvalue weighted by molar-refractivity contribution is 5.92. The summed E-state index contributed by atoms with van der Waals surface area (Å²) in [6.45, 7) is -0.125. The molecule has 0 spiro atoms. The second-order valence-electron chi connectivity index (χ2n) is 3.85. The predicted molar refractivity (Wildman–Crippen MR) is 63.2 cm³/mol. The Labute approximate surface area is 99.5 Å². The molecule has 0 atom stereocenters. The summed E-state index contributed by atoms with van der Waals surface area (Å²) in [5, 5.41) is 8.68. The van der Waals surface area contributed by atoms with Crippen LogP contribution in [0.5, 0.6) is 0 Å². The number of nitrogens with zero attached hydrogens (tertiary/aromatic N) is 3. The van der Waals surface area contributed by atoms with E-state index in [1.54, 1.807) is 33.3 Å². The smallest absolute Gasteiger partial charge is 0.323 e. The Kier molecular flexibility index (Phi) is 4.03. The van der Waals surface area contributed by atoms with E-state index in [-0.39, 0.29) is 12.5 Å². The van der Waals surface area contributed by atoms with Crippen LogP contribution in [0.3, 0.4) is 0 Å². The first-order chi connectivity index (χ1) is 7.91. The van der Waals surface area contributed by atoms with E-state index in [0.29, 0.717) is 11.4 Å². The summed E-state index contributed by atoms with van der Waals surface area (Å²) >= 11 is 0. The first kappa shape index (κ1) is 13.0. The number of pyridine rings is 1. The van der Waals surface area contributed by atoms with Crippen LogP contribution in [-0.4, -0.2) is 54.6 Å². The monoisotopic (exact) mass is 237 g/mol. The highest BCUT2D eigenvalue weighted by Gasteiger charge is 2.12. The van der Waals surface area contributed by atoms with E-state index in [4.69, 9.17) is 5.11 Å². The van der Waals surface area contributed by atoms with Gasteiger partial charge in [-0.1, -0.05) is 0 Å². The maximum absolute atomic E-state index is 11.7. The van der Waals surface area contributed by atoms with Crippen molar-refractivity contribution < 1.29 is 14.7 Å². The number of amides is 1. The average Bonchev–Trinajstić information content (AvgIpc) is 2.27. The van der Waals surface area contributed by atoms with E-state index in [1.165, 1.54) is 16.0 Å². The number of carboxylic acid groups (broad SMARTS) is 1. The van der Waals surface area contributed by atoms with Crippen molar-refractivity contribution in [2.45, 2.75) is 0 Å². The van der Waals surface area contributed by atoms with Crippen molar-refractivity contribution in [3.63, 3.8) is 0 Å². The van der Waals surface area contributed by atoms with E-state index >= 15 is 0 Å². The maximum atomic E-state index is 11.7. The number of likely N-dealkylation sites (N-methyl/N-ethyl adjacent to an activating group) is 1. The van der Waals surface area contributed by atoms with Crippen molar-refractivity contribution in [1.82, 2.24) is 9.88 Å². The molecule has 0 aliphatic carbocycles. The van der Waals surface area contributed by atoms with Crippen LogP contribution in [-0.2, 0) is 4.79 Å². The molecule has 0 aliphatic rings. The van der Waals surface area contributed by atoms with Crippen LogP contribution in [0.2, 0.25) is 0 Å². The molecular weight excluding hydrogens is 222 g/mol. The zero-order valence-corrected chi connectivity index (χ0v) is 10.0. The molecule has 92 valence electrons. The van der Waals surface area contributed by atoms with Gasteiger partial charge in [0.1, 0.15) is 12.2 Å². The van der Waals surface area contributed by atoms with E-state index in [9.17, 15) is 9.59 Å². The summed E-state index contributed by atoms with van der Waals surface area (Å²) in [6.07, 6.45) is 1.49. The molecule has 6 nitrogen and oxygen atoms in total. The lowest BCUT2D eigenvalue weighted by Crippen LogP contribution is -2.26. The number of anilines is 1. The van der Waals surface area contributed by atoms with Gasteiger partial charge in [0.25, 0.3) is 5.91 Å². The first-order valence-corrected chi connectivity index (χ1v) is 5.02. The van der Waals surface area contributed by atoms with Gasteiger partial charge in [0.05, 0.1) is 0 Å². The zero-order valence-electron chi connectivity index (χ0n) is 10.0. The van der Waals surface area contributed by atoms with Gasteiger partial charge in [-0.2, -0.15) is 0 Å². The minimum Gasteiger partial charge on any atom is -0.480 e. The van der Waals surface area contributed by atoms with E-state index in [0.717, 1.165) is 0 Å². The quantitative estimate of drug-likeness (QED) is 0.815. The molecule has 0 aliphatic heterocycles. The van der Waals surface area contributed by atoms with Crippen LogP contribution in [0, 0.1) is 0 Å². The Bertz CT molecular complexity index is 432. The number of carboxylic acids is 1. The number of carbonyl (C=O) groups excluding carboxylic acids is 1. The van der Waals surface area contributed by atoms with Crippen molar-refractivity contribution in [3.05, 3.63) is 24.0 Å². The molecule has 0 saturated carbocycles. The Balaban J connectivity index is 2.93. The third kappa shape index (κ3) is 3.44. The minimum atomic E-state index is -0.926. The van der Waals surface area contributed by atoms with Crippen LogP contribution in [0.1, 0.15) is 10.5 Å². The second kappa shape index (κ2) is 5.29. The van der Waals surface area contributed by atoms with Crippen LogP contribution in [0.25, 0.3) is 0 Å². The van der Waals surface area contributed by atoms with Gasteiger partial charge in [-0.15, -0.1) is 0 Å². The van der Waals surface area contributed by atoms with Gasteiger partial charge in [-0.3, -0.25) is 14.6 Å². The molecule has 0 fully saturated rings. The highest BCUT2D eigenvalue weighted by atomic mass is 16.4. The number of aliphatic carboxylic acids is 1. The van der Waals surface area contributed by atoms with Crippen LogP contribution >= 0.6 is 0 Å². The van der Waals surface area contributed by atoms with Gasteiger partial charge < -0.3 is 14.9 Å². The number of aromatic nitrogens is 1. The van der Waals surface area contributed by atoms with Gasteiger partial charge in [0, 0.05) is 33.0 Å². The third-order valence-electron chi connectivity index (χ3n) is 2.18. The topological polar surface area (TPSA) is 73.7 Å². The average molecular weight is 237 g/mol. The van der Waals surface area contributed by atoms with Crippen LogP contribution in [0.4, 0.5) is 5.69 Å². The molecule has 0 unspecified atom stereocenters. The minimum absolute atomic E-state index is 0.125. The molecule has 1 aromatic rings. The maximum Gasteiger partial charge on any atom is 0.323 e. The first-order valence-electron chi connectivity index (χ1n) is 5.02. The Morgan fingerprint density at radius 3 is 2.53 bits per heavy atom. The molecule has 0 aromatic carbocycles. The molecule has 6 heteroatoms. The number of hydrogen-bond acceptors (Lipinski definition) is 4. The summed E-state index contributed by atoms with van der Waals surface area (Å²) in [6, 6.07) is 3.24. The molecule has 0 bridgehead atoms. The van der Waals surface area contributed by atoms with Crippen molar-refractivity contribution in [2.75, 3.05) is 32.6 Å². The molecule has 0 saturated heterocycles. The van der Waals surface area contributed by atoms with E-state index in [1.807, 2.05) is 0 Å². The highest BCUT2D eigenvalue weighted by Crippen LogP contribution is 2.13. The lowest BCUT2D eigenvalue weighted by atomic mass is 10.2.